The van der Waals surface area contributed by atoms with Gasteiger partial charge in [-0.25, -0.2) is 0 Å². The highest BCUT2D eigenvalue weighted by molar-refractivity contribution is 5.79. The number of ether oxygens (including phenoxy) is 1. The van der Waals surface area contributed by atoms with Crippen LogP contribution in [0.15, 0.2) is 36.5 Å². The minimum atomic E-state index is -0.314. The first-order valence-corrected chi connectivity index (χ1v) is 13.9. The minimum Gasteiger partial charge on any atom is -0.468 e. The summed E-state index contributed by atoms with van der Waals surface area (Å²) in [6.45, 7) is 6.28. The van der Waals surface area contributed by atoms with Gasteiger partial charge >= 0.3 is 5.97 Å². The zero-order valence-electron chi connectivity index (χ0n) is 23.7. The molecule has 0 fully saturated rings. The molecular weight excluding hydrogens is 452 g/mol. The summed E-state index contributed by atoms with van der Waals surface area (Å²) in [5.41, 5.74) is 0. The fraction of sp³-hybridized carbons (Fsp3) is 0.700. The summed E-state index contributed by atoms with van der Waals surface area (Å²) >= 11 is 0. The van der Waals surface area contributed by atoms with E-state index in [9.17, 15) is 14.4 Å². The summed E-state index contributed by atoms with van der Waals surface area (Å²) in [6.07, 6.45) is 28.1. The van der Waals surface area contributed by atoms with Crippen LogP contribution >= 0.6 is 0 Å². The number of hydrogen-bond acceptors (Lipinski definition) is 5. The number of allylic oxidation sites excluding steroid dienone is 6. The highest BCUT2D eigenvalue weighted by Gasteiger charge is 2.14. The normalized spacial score (nSPS) is 12.9. The summed E-state index contributed by atoms with van der Waals surface area (Å²) in [7, 11) is 3.17. The highest BCUT2D eigenvalue weighted by atomic mass is 16.5. The molecular formula is C30H54N2O4. The lowest BCUT2D eigenvalue weighted by Crippen LogP contribution is -2.35. The molecule has 0 aliphatic rings. The van der Waals surface area contributed by atoms with Crippen molar-refractivity contribution in [3.8, 4) is 0 Å². The van der Waals surface area contributed by atoms with E-state index in [1.807, 2.05) is 13.8 Å². The molecule has 0 saturated heterocycles. The summed E-state index contributed by atoms with van der Waals surface area (Å²) in [4.78, 5) is 33.4. The van der Waals surface area contributed by atoms with Gasteiger partial charge in [-0.3, -0.25) is 9.59 Å². The number of rotatable bonds is 21. The average Bonchev–Trinajstić information content (AvgIpc) is 2.89. The Morgan fingerprint density at radius 3 is 1.81 bits per heavy atom. The van der Waals surface area contributed by atoms with Crippen LogP contribution in [0.3, 0.4) is 0 Å². The lowest BCUT2D eigenvalue weighted by molar-refractivity contribution is -0.143. The number of likely N-dealkylation sites (N-methyl/N-ethyl adjacent to an activating group) is 1. The van der Waals surface area contributed by atoms with Crippen molar-refractivity contribution < 1.29 is 19.1 Å². The third kappa shape index (κ3) is 24.9. The summed E-state index contributed by atoms with van der Waals surface area (Å²) in [6, 6.07) is -0.444. The molecule has 0 aromatic heterocycles. The van der Waals surface area contributed by atoms with Gasteiger partial charge in [0.15, 0.2) is 0 Å². The Kier molecular flexibility index (Phi) is 29.0. The Morgan fingerprint density at radius 1 is 0.778 bits per heavy atom. The van der Waals surface area contributed by atoms with Gasteiger partial charge in [-0.2, -0.15) is 0 Å². The molecule has 0 saturated carbocycles. The predicted molar refractivity (Wildman–Crippen MR) is 152 cm³/mol. The maximum absolute atomic E-state index is 11.7. The minimum absolute atomic E-state index is 0.00906. The zero-order chi connectivity index (χ0) is 27.3. The average molecular weight is 507 g/mol. The number of amides is 1. The molecule has 0 radical (unpaired) electrons. The second-order valence-electron chi connectivity index (χ2n) is 8.88. The number of carbonyl (C=O) groups is 3. The van der Waals surface area contributed by atoms with Crippen LogP contribution in [0, 0.1) is 0 Å². The van der Waals surface area contributed by atoms with Gasteiger partial charge in [0, 0.05) is 6.42 Å². The molecule has 0 aromatic carbocycles. The molecule has 2 atom stereocenters. The zero-order valence-corrected chi connectivity index (χ0v) is 23.7. The van der Waals surface area contributed by atoms with E-state index in [-0.39, 0.29) is 24.0 Å². The van der Waals surface area contributed by atoms with E-state index in [1.165, 1.54) is 32.8 Å². The van der Waals surface area contributed by atoms with Gasteiger partial charge in [0.25, 0.3) is 0 Å². The van der Waals surface area contributed by atoms with Crippen molar-refractivity contribution >= 4 is 18.2 Å². The van der Waals surface area contributed by atoms with Crippen LogP contribution in [0.4, 0.5) is 0 Å². The maximum Gasteiger partial charge on any atom is 0.322 e. The number of nitrogens with one attached hydrogen (secondary N) is 2. The van der Waals surface area contributed by atoms with Gasteiger partial charge in [0.1, 0.15) is 12.3 Å². The van der Waals surface area contributed by atoms with Gasteiger partial charge in [-0.15, -0.1) is 0 Å². The van der Waals surface area contributed by atoms with Crippen LogP contribution < -0.4 is 10.6 Å². The van der Waals surface area contributed by atoms with Gasteiger partial charge < -0.3 is 20.2 Å². The number of esters is 1. The number of hydrogen-bond donors (Lipinski definition) is 2. The van der Waals surface area contributed by atoms with Crippen molar-refractivity contribution in [2.45, 2.75) is 123 Å². The molecule has 0 aromatic rings. The first-order chi connectivity index (χ1) is 17.5. The molecule has 0 aliphatic heterocycles. The molecule has 0 heterocycles. The molecule has 208 valence electrons. The number of aldehydes is 1. The maximum atomic E-state index is 11.7. The van der Waals surface area contributed by atoms with E-state index < -0.39 is 0 Å². The van der Waals surface area contributed by atoms with Crippen LogP contribution in [0.5, 0.6) is 0 Å². The third-order valence-electron chi connectivity index (χ3n) is 5.57. The van der Waals surface area contributed by atoms with Crippen molar-refractivity contribution in [1.29, 1.82) is 0 Å². The highest BCUT2D eigenvalue weighted by Crippen LogP contribution is 2.04. The van der Waals surface area contributed by atoms with E-state index in [0.29, 0.717) is 6.42 Å². The summed E-state index contributed by atoms with van der Waals surface area (Å²) < 4.78 is 4.55. The van der Waals surface area contributed by atoms with E-state index in [4.69, 9.17) is 0 Å². The fourth-order valence-corrected chi connectivity index (χ4v) is 3.41. The lowest BCUT2D eigenvalue weighted by atomic mass is 10.1. The van der Waals surface area contributed by atoms with Crippen LogP contribution in [0.25, 0.3) is 0 Å². The molecule has 0 spiro atoms. The first-order valence-electron chi connectivity index (χ1n) is 13.9. The first kappa shape index (κ1) is 35.9. The molecule has 2 unspecified atom stereocenters. The van der Waals surface area contributed by atoms with E-state index in [1.54, 1.807) is 7.05 Å². The molecule has 6 heteroatoms. The van der Waals surface area contributed by atoms with Crippen LogP contribution in [-0.4, -0.2) is 44.4 Å². The molecule has 6 nitrogen and oxygen atoms in total. The predicted octanol–water partition coefficient (Wildman–Crippen LogP) is 6.61. The molecule has 1 amide bonds. The van der Waals surface area contributed by atoms with Gasteiger partial charge in [-0.1, -0.05) is 82.9 Å². The summed E-state index contributed by atoms with van der Waals surface area (Å²) in [5.74, 6) is -0.186. The lowest BCUT2D eigenvalue weighted by Gasteiger charge is -2.11. The fourth-order valence-electron chi connectivity index (χ4n) is 3.41. The second-order valence-corrected chi connectivity index (χ2v) is 8.88. The number of methoxy groups -OCH3 is 1. The largest absolute Gasteiger partial charge is 0.468 e. The Bertz CT molecular complexity index is 614. The number of unbranched alkanes of at least 4 members (excludes halogenated alkanes) is 5. The van der Waals surface area contributed by atoms with Crippen molar-refractivity contribution in [1.82, 2.24) is 10.6 Å². The Morgan fingerprint density at radius 2 is 1.33 bits per heavy atom. The summed E-state index contributed by atoms with van der Waals surface area (Å²) in [5, 5.41) is 5.66. The quantitative estimate of drug-likeness (QED) is 0.0792. The van der Waals surface area contributed by atoms with Crippen molar-refractivity contribution in [2.75, 3.05) is 14.2 Å². The molecule has 36 heavy (non-hydrogen) atoms. The van der Waals surface area contributed by atoms with Crippen molar-refractivity contribution in [3.63, 3.8) is 0 Å². The van der Waals surface area contributed by atoms with Gasteiger partial charge in [0.05, 0.1) is 13.2 Å². The van der Waals surface area contributed by atoms with Crippen molar-refractivity contribution in [3.05, 3.63) is 36.5 Å². The van der Waals surface area contributed by atoms with E-state index >= 15 is 0 Å². The van der Waals surface area contributed by atoms with E-state index in [2.05, 4.69) is 58.8 Å². The van der Waals surface area contributed by atoms with Crippen LogP contribution in [-0.2, 0) is 19.1 Å². The smallest absolute Gasteiger partial charge is 0.322 e. The molecule has 0 aliphatic carbocycles. The van der Waals surface area contributed by atoms with Crippen LogP contribution in [0.1, 0.15) is 111 Å². The second kappa shape index (κ2) is 29.0. The topological polar surface area (TPSA) is 84.5 Å². The van der Waals surface area contributed by atoms with Crippen molar-refractivity contribution in [2.24, 2.45) is 0 Å². The Balaban J connectivity index is 0. The number of carbonyl (C=O) groups excluding carboxylic acids is 3. The SMILES string of the molecule is CCCC(NC)C(=O)OC.CCCCC/C=C\C/C=C\C/C=C\CCCCC(=O)NC(C=O)CCC. The molecule has 2 N–H and O–H groups in total. The standard InChI is InChI=1S/C23H39NO2.C7H15NO2/c1-3-5-6-7-8-9-10-11-12-13-14-15-16-17-18-20-23(26)24-22(21-25)19-4-2;1-4-5-6(8-2)7(9)10-3/h8-9,11-12,14-15,21-22H,3-7,10,13,16-20H2,1-2H3,(H,24,26);6,8H,4-5H2,1-3H3/b9-8-,12-11-,15-14-;. The van der Waals surface area contributed by atoms with Gasteiger partial charge in [0.2, 0.25) is 5.91 Å². The monoisotopic (exact) mass is 506 g/mol. The third-order valence-corrected chi connectivity index (χ3v) is 5.57. The van der Waals surface area contributed by atoms with Crippen LogP contribution in [0.2, 0.25) is 0 Å². The molecule has 0 bridgehead atoms. The molecule has 0 rings (SSSR count). The Labute approximate surface area is 221 Å². The Hall–Kier alpha value is -2.21. The van der Waals surface area contributed by atoms with Gasteiger partial charge in [-0.05, 0) is 64.8 Å². The van der Waals surface area contributed by atoms with E-state index in [0.717, 1.165) is 64.1 Å².